The predicted octanol–water partition coefficient (Wildman–Crippen LogP) is 1.56. The molecule has 0 radical (unpaired) electrons. The number of nitriles is 1. The van der Waals surface area contributed by atoms with E-state index in [4.69, 9.17) is 10.4 Å². The van der Waals surface area contributed by atoms with Crippen molar-refractivity contribution in [3.05, 3.63) is 35.7 Å². The van der Waals surface area contributed by atoms with Crippen LogP contribution in [0.4, 0.5) is 0 Å². The minimum atomic E-state index is -1.09. The first-order chi connectivity index (χ1) is 9.60. The maximum absolute atomic E-state index is 12.3. The number of carbonyl (C=O) groups is 2. The van der Waals surface area contributed by atoms with Crippen LogP contribution in [0.25, 0.3) is 6.08 Å². The van der Waals surface area contributed by atoms with Crippen LogP contribution in [-0.2, 0) is 4.79 Å². The van der Waals surface area contributed by atoms with Gasteiger partial charge in [0.1, 0.15) is 5.69 Å². The number of rotatable bonds is 6. The van der Waals surface area contributed by atoms with E-state index < -0.39 is 5.97 Å². The molecule has 1 amide bonds. The molecule has 1 heterocycles. The lowest BCUT2D eigenvalue weighted by molar-refractivity contribution is -0.131. The first-order valence-electron chi connectivity index (χ1n) is 6.12. The molecule has 0 unspecified atom stereocenters. The third-order valence-corrected chi connectivity index (χ3v) is 2.61. The van der Waals surface area contributed by atoms with Gasteiger partial charge in [-0.1, -0.05) is 6.07 Å². The number of amides is 1. The third kappa shape index (κ3) is 4.21. The van der Waals surface area contributed by atoms with Gasteiger partial charge in [0.25, 0.3) is 5.91 Å². The van der Waals surface area contributed by atoms with Crippen molar-refractivity contribution in [1.82, 2.24) is 9.88 Å². The normalized spacial score (nSPS) is 10.2. The minimum Gasteiger partial charge on any atom is -0.478 e. The van der Waals surface area contributed by atoms with Gasteiger partial charge >= 0.3 is 5.97 Å². The lowest BCUT2D eigenvalue weighted by Crippen LogP contribution is -2.32. The van der Waals surface area contributed by atoms with Gasteiger partial charge in [-0.3, -0.25) is 9.78 Å². The van der Waals surface area contributed by atoms with Gasteiger partial charge in [0, 0.05) is 30.9 Å². The Morgan fingerprint density at radius 3 is 2.90 bits per heavy atom. The molecule has 0 fully saturated rings. The quantitative estimate of drug-likeness (QED) is 0.793. The molecular weight excluding hydrogens is 258 g/mol. The molecule has 1 rings (SSSR count). The fraction of sp³-hybridized carbons (Fsp3) is 0.286. The molecule has 0 saturated heterocycles. The lowest BCUT2D eigenvalue weighted by Gasteiger charge is -2.19. The first kappa shape index (κ1) is 15.4. The van der Waals surface area contributed by atoms with Crippen LogP contribution in [0.1, 0.15) is 29.4 Å². The molecule has 6 heteroatoms. The van der Waals surface area contributed by atoms with Crippen LogP contribution < -0.4 is 0 Å². The summed E-state index contributed by atoms with van der Waals surface area (Å²) in [5, 5.41) is 17.2. The van der Waals surface area contributed by atoms with E-state index in [0.717, 1.165) is 6.08 Å². The molecule has 1 N–H and O–H groups in total. The molecule has 0 saturated carbocycles. The number of pyridine rings is 1. The Bertz CT molecular complexity index is 561. The number of nitrogens with zero attached hydrogens (tertiary/aromatic N) is 3. The van der Waals surface area contributed by atoms with Crippen LogP contribution in [0.3, 0.4) is 0 Å². The maximum Gasteiger partial charge on any atom is 0.328 e. The van der Waals surface area contributed by atoms with Crippen LogP contribution in [0.15, 0.2) is 24.4 Å². The molecule has 6 nitrogen and oxygen atoms in total. The van der Waals surface area contributed by atoms with Crippen LogP contribution in [0, 0.1) is 11.3 Å². The zero-order valence-corrected chi connectivity index (χ0v) is 11.1. The zero-order valence-electron chi connectivity index (χ0n) is 11.1. The van der Waals surface area contributed by atoms with Crippen molar-refractivity contribution in [1.29, 1.82) is 5.26 Å². The summed E-state index contributed by atoms with van der Waals surface area (Å²) < 4.78 is 0. The van der Waals surface area contributed by atoms with Crippen LogP contribution >= 0.6 is 0 Å². The highest BCUT2D eigenvalue weighted by molar-refractivity contribution is 5.97. The molecule has 0 bridgehead atoms. The highest BCUT2D eigenvalue weighted by atomic mass is 16.4. The number of carboxylic acid groups (broad SMARTS) is 1. The van der Waals surface area contributed by atoms with E-state index in [1.165, 1.54) is 17.2 Å². The Balaban J connectivity index is 3.03. The van der Waals surface area contributed by atoms with Crippen molar-refractivity contribution in [3.63, 3.8) is 0 Å². The van der Waals surface area contributed by atoms with Crippen LogP contribution in [0.2, 0.25) is 0 Å². The van der Waals surface area contributed by atoms with Gasteiger partial charge in [0.05, 0.1) is 12.5 Å². The van der Waals surface area contributed by atoms with Crippen molar-refractivity contribution < 1.29 is 14.7 Å². The van der Waals surface area contributed by atoms with Crippen molar-refractivity contribution >= 4 is 18.0 Å². The number of carbonyl (C=O) groups excluding carboxylic acids is 1. The summed E-state index contributed by atoms with van der Waals surface area (Å²) in [4.78, 5) is 28.4. The number of aromatic nitrogens is 1. The van der Waals surface area contributed by atoms with E-state index in [1.54, 1.807) is 12.1 Å². The first-order valence-corrected chi connectivity index (χ1v) is 6.12. The van der Waals surface area contributed by atoms with E-state index in [0.29, 0.717) is 18.7 Å². The standard InChI is InChI=1S/C14H15N3O3/c1-2-17(10-4-8-15)14(20)13-11(5-3-9-16-13)6-7-12(18)19/h3,5-7,9H,2,4,10H2,1H3,(H,18,19)/b7-6+. The highest BCUT2D eigenvalue weighted by Gasteiger charge is 2.17. The molecular formula is C14H15N3O3. The number of carboxylic acids is 1. The summed E-state index contributed by atoms with van der Waals surface area (Å²) >= 11 is 0. The lowest BCUT2D eigenvalue weighted by atomic mass is 10.1. The summed E-state index contributed by atoms with van der Waals surface area (Å²) in [5.41, 5.74) is 0.625. The molecule has 0 aromatic carbocycles. The van der Waals surface area contributed by atoms with Gasteiger partial charge < -0.3 is 10.0 Å². The second-order valence-electron chi connectivity index (χ2n) is 3.91. The molecule has 104 valence electrons. The predicted molar refractivity (Wildman–Crippen MR) is 72.7 cm³/mol. The highest BCUT2D eigenvalue weighted by Crippen LogP contribution is 2.11. The molecule has 0 aliphatic heterocycles. The van der Waals surface area contributed by atoms with Gasteiger partial charge in [-0.15, -0.1) is 0 Å². The van der Waals surface area contributed by atoms with Crippen molar-refractivity contribution in [2.24, 2.45) is 0 Å². The third-order valence-electron chi connectivity index (χ3n) is 2.61. The van der Waals surface area contributed by atoms with Crippen LogP contribution in [-0.4, -0.2) is 40.0 Å². The molecule has 0 aliphatic carbocycles. The van der Waals surface area contributed by atoms with Gasteiger partial charge in [0.15, 0.2) is 0 Å². The molecule has 0 spiro atoms. The van der Waals surface area contributed by atoms with Crippen molar-refractivity contribution in [2.45, 2.75) is 13.3 Å². The topological polar surface area (TPSA) is 94.3 Å². The molecule has 0 aliphatic rings. The van der Waals surface area contributed by atoms with Crippen LogP contribution in [0.5, 0.6) is 0 Å². The second-order valence-corrected chi connectivity index (χ2v) is 3.91. The summed E-state index contributed by atoms with van der Waals surface area (Å²) in [6.07, 6.45) is 4.01. The summed E-state index contributed by atoms with van der Waals surface area (Å²) in [6, 6.07) is 5.24. The minimum absolute atomic E-state index is 0.185. The molecule has 1 aromatic rings. The molecule has 0 atom stereocenters. The van der Waals surface area contributed by atoms with Gasteiger partial charge in [-0.05, 0) is 19.1 Å². The number of hydrogen-bond donors (Lipinski definition) is 1. The fourth-order valence-electron chi connectivity index (χ4n) is 1.63. The van der Waals surface area contributed by atoms with E-state index in [9.17, 15) is 9.59 Å². The maximum atomic E-state index is 12.3. The van der Waals surface area contributed by atoms with E-state index >= 15 is 0 Å². The number of hydrogen-bond acceptors (Lipinski definition) is 4. The molecule has 1 aromatic heterocycles. The van der Waals surface area contributed by atoms with E-state index in [2.05, 4.69) is 4.98 Å². The Kier molecular flexibility index (Phi) is 5.91. The fourth-order valence-corrected chi connectivity index (χ4v) is 1.63. The van der Waals surface area contributed by atoms with E-state index in [-0.39, 0.29) is 18.0 Å². The average molecular weight is 273 g/mol. The summed E-state index contributed by atoms with van der Waals surface area (Å²) in [6.45, 7) is 2.59. The van der Waals surface area contributed by atoms with E-state index in [1.807, 2.05) is 13.0 Å². The van der Waals surface area contributed by atoms with Gasteiger partial charge in [-0.2, -0.15) is 5.26 Å². The smallest absolute Gasteiger partial charge is 0.328 e. The van der Waals surface area contributed by atoms with Gasteiger partial charge in [0.2, 0.25) is 0 Å². The van der Waals surface area contributed by atoms with Gasteiger partial charge in [-0.25, -0.2) is 4.79 Å². The second kappa shape index (κ2) is 7.69. The zero-order chi connectivity index (χ0) is 15.0. The molecule has 20 heavy (non-hydrogen) atoms. The largest absolute Gasteiger partial charge is 0.478 e. The Labute approximate surface area is 117 Å². The monoisotopic (exact) mass is 273 g/mol. The summed E-state index contributed by atoms with van der Waals surface area (Å²) in [7, 11) is 0. The SMILES string of the molecule is CCN(CCC#N)C(=O)c1ncccc1/C=C/C(=O)O. The Morgan fingerprint density at radius 2 is 2.30 bits per heavy atom. The Hall–Kier alpha value is -2.68. The average Bonchev–Trinajstić information content (AvgIpc) is 2.46. The Morgan fingerprint density at radius 1 is 1.55 bits per heavy atom. The van der Waals surface area contributed by atoms with Crippen molar-refractivity contribution in [3.8, 4) is 6.07 Å². The number of aliphatic carboxylic acids is 1. The van der Waals surface area contributed by atoms with Crippen molar-refractivity contribution in [2.75, 3.05) is 13.1 Å². The summed E-state index contributed by atoms with van der Waals surface area (Å²) in [5.74, 6) is -1.41.